The van der Waals surface area contributed by atoms with Gasteiger partial charge in [-0.25, -0.2) is 32.0 Å². The van der Waals surface area contributed by atoms with Crippen LogP contribution in [-0.2, 0) is 6.54 Å². The maximum atomic E-state index is 13.4. The molecule has 28 heavy (non-hydrogen) atoms. The number of fused-ring (bicyclic) bond motifs is 1. The Hall–Kier alpha value is -3.62. The number of aryl methyl sites for hydroxylation is 1. The van der Waals surface area contributed by atoms with Crippen LogP contribution in [0.5, 0.6) is 0 Å². The Bertz CT molecular complexity index is 1230. The number of hydrogen-bond donors (Lipinski definition) is 1. The van der Waals surface area contributed by atoms with Gasteiger partial charge in [0.1, 0.15) is 5.82 Å². The number of rotatable bonds is 4. The Labute approximate surface area is 156 Å². The first-order valence-electron chi connectivity index (χ1n) is 8.34. The monoisotopic (exact) mass is 385 g/mol. The lowest BCUT2D eigenvalue weighted by Crippen LogP contribution is -2.23. The average Bonchev–Trinajstić information content (AvgIpc) is 2.95. The highest BCUT2D eigenvalue weighted by atomic mass is 19.2. The lowest BCUT2D eigenvalue weighted by molar-refractivity contribution is 0.505. The summed E-state index contributed by atoms with van der Waals surface area (Å²) in [5, 5.41) is 7.22. The highest BCUT2D eigenvalue weighted by Crippen LogP contribution is 2.16. The number of aromatic nitrogens is 4. The summed E-state index contributed by atoms with van der Waals surface area (Å²) in [5.41, 5.74) is 1.38. The van der Waals surface area contributed by atoms with E-state index in [1.54, 1.807) is 13.0 Å². The third-order valence-electron chi connectivity index (χ3n) is 4.11. The first-order chi connectivity index (χ1) is 13.4. The van der Waals surface area contributed by atoms with E-state index < -0.39 is 17.3 Å². The third-order valence-corrected chi connectivity index (χ3v) is 4.11. The van der Waals surface area contributed by atoms with Gasteiger partial charge in [0.05, 0.1) is 6.54 Å². The lowest BCUT2D eigenvalue weighted by atomic mass is 10.2. The summed E-state index contributed by atoms with van der Waals surface area (Å²) in [5.74, 6) is -2.13. The Morgan fingerprint density at radius 3 is 2.46 bits per heavy atom. The van der Waals surface area contributed by atoms with Crippen LogP contribution < -0.4 is 11.0 Å². The second-order valence-corrected chi connectivity index (χ2v) is 6.24. The molecule has 0 aliphatic carbocycles. The molecule has 9 heteroatoms. The van der Waals surface area contributed by atoms with Gasteiger partial charge in [0.2, 0.25) is 5.95 Å². The zero-order valence-electron chi connectivity index (χ0n) is 14.7. The summed E-state index contributed by atoms with van der Waals surface area (Å²) in [6, 6.07) is 10.6. The van der Waals surface area contributed by atoms with Crippen molar-refractivity contribution in [2.24, 2.45) is 0 Å². The van der Waals surface area contributed by atoms with Crippen LogP contribution in [0.3, 0.4) is 0 Å². The highest BCUT2D eigenvalue weighted by Gasteiger charge is 2.14. The molecule has 0 aliphatic rings. The summed E-state index contributed by atoms with van der Waals surface area (Å²) >= 11 is 0. The third kappa shape index (κ3) is 3.34. The van der Waals surface area contributed by atoms with E-state index in [1.807, 2.05) is 0 Å². The van der Waals surface area contributed by atoms with E-state index in [0.29, 0.717) is 22.6 Å². The largest absolute Gasteiger partial charge is 0.353 e. The predicted octanol–water partition coefficient (Wildman–Crippen LogP) is 3.41. The molecular formula is C19H14F3N5O. The minimum atomic E-state index is -0.995. The van der Waals surface area contributed by atoms with Crippen molar-refractivity contribution in [3.05, 3.63) is 87.7 Å². The summed E-state index contributed by atoms with van der Waals surface area (Å²) in [7, 11) is 0. The van der Waals surface area contributed by atoms with Crippen molar-refractivity contribution in [3.8, 4) is 0 Å². The number of nitrogens with one attached hydrogen (secondary N) is 1. The van der Waals surface area contributed by atoms with E-state index in [1.165, 1.54) is 34.7 Å². The molecule has 0 saturated carbocycles. The molecule has 0 amide bonds. The van der Waals surface area contributed by atoms with E-state index in [0.717, 1.165) is 16.8 Å². The number of benzene rings is 2. The molecule has 0 radical (unpaired) electrons. The van der Waals surface area contributed by atoms with Gasteiger partial charge in [0.15, 0.2) is 17.3 Å². The molecule has 4 aromatic rings. The van der Waals surface area contributed by atoms with Crippen LogP contribution in [0, 0.1) is 24.4 Å². The van der Waals surface area contributed by atoms with Crippen molar-refractivity contribution in [3.63, 3.8) is 0 Å². The van der Waals surface area contributed by atoms with Crippen LogP contribution in [0.4, 0.5) is 24.8 Å². The van der Waals surface area contributed by atoms with Gasteiger partial charge in [-0.1, -0.05) is 6.07 Å². The fourth-order valence-electron chi connectivity index (χ4n) is 2.81. The van der Waals surface area contributed by atoms with Gasteiger partial charge in [0, 0.05) is 17.4 Å². The van der Waals surface area contributed by atoms with E-state index in [2.05, 4.69) is 15.4 Å². The minimum Gasteiger partial charge on any atom is -0.325 e. The second-order valence-electron chi connectivity index (χ2n) is 6.24. The SMILES string of the molecule is Cc1cc2nn(Cc3ccc(F)c(F)c3)c(=O)n2c(Nc2ccc(F)cc2)n1. The molecule has 6 nitrogen and oxygen atoms in total. The standard InChI is InChI=1S/C19H14F3N5O/c1-11-8-17-25-26(10-12-2-7-15(21)16(22)9-12)19(28)27(17)18(23-11)24-14-5-3-13(20)4-6-14/h2-9H,10H2,1H3,(H,23,24). The minimum absolute atomic E-state index is 0.0350. The van der Waals surface area contributed by atoms with Crippen molar-refractivity contribution >= 4 is 17.3 Å². The van der Waals surface area contributed by atoms with Gasteiger partial charge in [-0.3, -0.25) is 0 Å². The predicted molar refractivity (Wildman–Crippen MR) is 97.1 cm³/mol. The fourth-order valence-corrected chi connectivity index (χ4v) is 2.81. The number of nitrogens with zero attached hydrogens (tertiary/aromatic N) is 4. The van der Waals surface area contributed by atoms with Gasteiger partial charge >= 0.3 is 5.69 Å². The van der Waals surface area contributed by atoms with E-state index in [9.17, 15) is 18.0 Å². The van der Waals surface area contributed by atoms with Crippen LogP contribution >= 0.6 is 0 Å². The summed E-state index contributed by atoms with van der Waals surface area (Å²) in [6.07, 6.45) is 0. The van der Waals surface area contributed by atoms with Gasteiger partial charge < -0.3 is 5.32 Å². The normalized spacial score (nSPS) is 11.1. The Balaban J connectivity index is 1.76. The van der Waals surface area contributed by atoms with Gasteiger partial charge in [-0.2, -0.15) is 0 Å². The molecule has 0 bridgehead atoms. The molecule has 1 N–H and O–H groups in total. The second kappa shape index (κ2) is 6.84. The molecule has 2 heterocycles. The molecule has 0 atom stereocenters. The molecule has 2 aromatic carbocycles. The number of hydrogen-bond acceptors (Lipinski definition) is 4. The summed E-state index contributed by atoms with van der Waals surface area (Å²) in [4.78, 5) is 17.1. The zero-order chi connectivity index (χ0) is 19.8. The Morgan fingerprint density at radius 1 is 1.00 bits per heavy atom. The van der Waals surface area contributed by atoms with Crippen LogP contribution in [-0.4, -0.2) is 19.2 Å². The number of halogens is 3. The lowest BCUT2D eigenvalue weighted by Gasteiger charge is -2.07. The van der Waals surface area contributed by atoms with E-state index in [4.69, 9.17) is 0 Å². The molecule has 0 aliphatic heterocycles. The zero-order valence-corrected chi connectivity index (χ0v) is 14.7. The first kappa shape index (κ1) is 17.8. The van der Waals surface area contributed by atoms with Crippen molar-refractivity contribution < 1.29 is 13.2 Å². The molecule has 4 rings (SSSR count). The van der Waals surface area contributed by atoms with E-state index >= 15 is 0 Å². The Kier molecular flexibility index (Phi) is 4.34. The van der Waals surface area contributed by atoms with Gasteiger partial charge in [-0.05, 0) is 48.9 Å². The Morgan fingerprint density at radius 2 is 1.75 bits per heavy atom. The highest BCUT2D eigenvalue weighted by molar-refractivity contribution is 5.56. The maximum Gasteiger partial charge on any atom is 0.353 e. The van der Waals surface area contributed by atoms with Gasteiger partial charge in [-0.15, -0.1) is 5.10 Å². The van der Waals surface area contributed by atoms with Crippen molar-refractivity contribution in [1.82, 2.24) is 19.2 Å². The maximum absolute atomic E-state index is 13.4. The molecule has 0 spiro atoms. The summed E-state index contributed by atoms with van der Waals surface area (Å²) < 4.78 is 42.1. The fraction of sp³-hybridized carbons (Fsp3) is 0.105. The molecule has 0 saturated heterocycles. The number of anilines is 2. The van der Waals surface area contributed by atoms with E-state index in [-0.39, 0.29) is 18.3 Å². The molecule has 0 unspecified atom stereocenters. The van der Waals surface area contributed by atoms with Crippen LogP contribution in [0.2, 0.25) is 0 Å². The first-order valence-corrected chi connectivity index (χ1v) is 8.34. The molecular weight excluding hydrogens is 371 g/mol. The summed E-state index contributed by atoms with van der Waals surface area (Å²) in [6.45, 7) is 1.71. The molecule has 142 valence electrons. The smallest absolute Gasteiger partial charge is 0.325 e. The average molecular weight is 385 g/mol. The van der Waals surface area contributed by atoms with Gasteiger partial charge in [0.25, 0.3) is 0 Å². The quantitative estimate of drug-likeness (QED) is 0.585. The van der Waals surface area contributed by atoms with Crippen molar-refractivity contribution in [1.29, 1.82) is 0 Å². The molecule has 0 fully saturated rings. The van der Waals surface area contributed by atoms with Crippen molar-refractivity contribution in [2.45, 2.75) is 13.5 Å². The topological polar surface area (TPSA) is 64.2 Å². The molecule has 2 aromatic heterocycles. The van der Waals surface area contributed by atoms with Crippen LogP contribution in [0.25, 0.3) is 5.65 Å². The van der Waals surface area contributed by atoms with Crippen molar-refractivity contribution in [2.75, 3.05) is 5.32 Å². The van der Waals surface area contributed by atoms with Crippen LogP contribution in [0.15, 0.2) is 53.3 Å². The van der Waals surface area contributed by atoms with Crippen LogP contribution in [0.1, 0.15) is 11.3 Å².